The van der Waals surface area contributed by atoms with Crippen molar-refractivity contribution in [3.05, 3.63) is 30.7 Å². The predicted octanol–water partition coefficient (Wildman–Crippen LogP) is 1.45. The largest absolute Gasteiger partial charge is 0.473 e. The molecule has 1 unspecified atom stereocenters. The molecule has 3 saturated heterocycles. The summed E-state index contributed by atoms with van der Waals surface area (Å²) >= 11 is 0. The fourth-order valence-electron chi connectivity index (χ4n) is 5.08. The molecule has 0 spiro atoms. The van der Waals surface area contributed by atoms with Crippen LogP contribution in [0.2, 0.25) is 0 Å². The van der Waals surface area contributed by atoms with E-state index < -0.39 is 0 Å². The number of carbonyl (C=O) groups excluding carboxylic acids is 1. The molecule has 0 radical (unpaired) electrons. The van der Waals surface area contributed by atoms with E-state index in [4.69, 9.17) is 19.4 Å². The maximum atomic E-state index is 11.7. The molecule has 0 saturated carbocycles. The molecule has 3 fully saturated rings. The number of aryl methyl sites for hydroxylation is 1. The van der Waals surface area contributed by atoms with E-state index in [0.717, 1.165) is 67.5 Å². The molecule has 0 bridgehead atoms. The van der Waals surface area contributed by atoms with Crippen LogP contribution in [0.3, 0.4) is 0 Å². The molecular formula is C25H31N7O3. The summed E-state index contributed by atoms with van der Waals surface area (Å²) in [5, 5.41) is 2.89. The smallest absolute Gasteiger partial charge is 0.241 e. The Labute approximate surface area is 204 Å². The molecule has 184 valence electrons. The summed E-state index contributed by atoms with van der Waals surface area (Å²) in [6.07, 6.45) is 3.97. The van der Waals surface area contributed by atoms with Crippen LogP contribution in [-0.2, 0) is 16.6 Å². The van der Waals surface area contributed by atoms with Crippen molar-refractivity contribution in [1.29, 1.82) is 0 Å². The van der Waals surface area contributed by atoms with E-state index in [2.05, 4.69) is 32.2 Å². The quantitative estimate of drug-likeness (QED) is 0.570. The number of hydrogen-bond donors (Lipinski definition) is 1. The molecule has 6 heterocycles. The molecule has 0 aromatic carbocycles. The third kappa shape index (κ3) is 4.32. The minimum atomic E-state index is -0.152. The van der Waals surface area contributed by atoms with Crippen LogP contribution in [0.15, 0.2) is 30.7 Å². The van der Waals surface area contributed by atoms with E-state index in [1.165, 1.54) is 0 Å². The highest BCUT2D eigenvalue weighted by Gasteiger charge is 2.30. The van der Waals surface area contributed by atoms with Crippen molar-refractivity contribution in [2.45, 2.75) is 25.5 Å². The number of amides is 1. The van der Waals surface area contributed by atoms with Crippen molar-refractivity contribution in [1.82, 2.24) is 29.7 Å². The fraction of sp³-hybridized carbons (Fsp3) is 0.520. The van der Waals surface area contributed by atoms with Gasteiger partial charge in [0.1, 0.15) is 17.4 Å². The van der Waals surface area contributed by atoms with E-state index in [1.54, 1.807) is 6.33 Å². The first kappa shape index (κ1) is 22.2. The van der Waals surface area contributed by atoms with E-state index in [9.17, 15) is 4.79 Å². The summed E-state index contributed by atoms with van der Waals surface area (Å²) < 4.78 is 13.6. The van der Waals surface area contributed by atoms with E-state index in [0.29, 0.717) is 24.9 Å². The summed E-state index contributed by atoms with van der Waals surface area (Å²) in [5.41, 5.74) is 3.35. The van der Waals surface area contributed by atoms with Gasteiger partial charge in [0, 0.05) is 63.9 Å². The van der Waals surface area contributed by atoms with Crippen LogP contribution in [0.5, 0.6) is 5.88 Å². The molecule has 35 heavy (non-hydrogen) atoms. The molecule has 2 atom stereocenters. The molecule has 3 aromatic rings. The lowest BCUT2D eigenvalue weighted by Crippen LogP contribution is -2.56. The number of anilines is 1. The van der Waals surface area contributed by atoms with Gasteiger partial charge in [-0.2, -0.15) is 0 Å². The Morgan fingerprint density at radius 2 is 2.00 bits per heavy atom. The van der Waals surface area contributed by atoms with E-state index in [-0.39, 0.29) is 17.9 Å². The second-order valence-electron chi connectivity index (χ2n) is 9.75. The Morgan fingerprint density at radius 1 is 1.17 bits per heavy atom. The Kier molecular flexibility index (Phi) is 5.77. The highest BCUT2D eigenvalue weighted by Crippen LogP contribution is 2.31. The molecule has 10 nitrogen and oxygen atoms in total. The minimum Gasteiger partial charge on any atom is -0.473 e. The molecule has 10 heteroatoms. The van der Waals surface area contributed by atoms with Gasteiger partial charge >= 0.3 is 0 Å². The van der Waals surface area contributed by atoms with Crippen LogP contribution >= 0.6 is 0 Å². The van der Waals surface area contributed by atoms with Crippen LogP contribution in [0, 0.1) is 5.92 Å². The number of ether oxygens (including phenoxy) is 2. The van der Waals surface area contributed by atoms with Gasteiger partial charge in [-0.05, 0) is 25.1 Å². The number of fused-ring (bicyclic) bond motifs is 1. The predicted molar refractivity (Wildman–Crippen MR) is 131 cm³/mol. The zero-order chi connectivity index (χ0) is 23.9. The Morgan fingerprint density at radius 3 is 2.66 bits per heavy atom. The zero-order valence-electron chi connectivity index (χ0n) is 20.2. The lowest BCUT2D eigenvalue weighted by Gasteiger charge is -2.42. The van der Waals surface area contributed by atoms with Crippen LogP contribution in [0.1, 0.15) is 13.3 Å². The van der Waals surface area contributed by atoms with Gasteiger partial charge in [-0.15, -0.1) is 0 Å². The number of piperazine rings is 1. The first-order valence-corrected chi connectivity index (χ1v) is 12.3. The Bertz CT molecular complexity index is 1220. The SMILES string of the molecule is C[C@@H](Oc1nc(-c2ccc(N3CCN(C4COC4)CC3)nc2)cc2ncn(C)c12)C1CNC(=O)C1. The van der Waals surface area contributed by atoms with Crippen molar-refractivity contribution < 1.29 is 14.3 Å². The zero-order valence-corrected chi connectivity index (χ0v) is 20.2. The van der Waals surface area contributed by atoms with E-state index >= 15 is 0 Å². The number of hydrogen-bond acceptors (Lipinski definition) is 8. The number of aromatic nitrogens is 4. The highest BCUT2D eigenvalue weighted by atomic mass is 16.5. The topological polar surface area (TPSA) is 97.6 Å². The second-order valence-corrected chi connectivity index (χ2v) is 9.75. The monoisotopic (exact) mass is 477 g/mol. The number of nitrogens with zero attached hydrogens (tertiary/aromatic N) is 6. The second kappa shape index (κ2) is 9.09. The van der Waals surface area contributed by atoms with Crippen molar-refractivity contribution >= 4 is 22.8 Å². The molecule has 6 rings (SSSR count). The van der Waals surface area contributed by atoms with Gasteiger partial charge in [-0.3, -0.25) is 9.69 Å². The van der Waals surface area contributed by atoms with E-state index in [1.807, 2.05) is 30.8 Å². The molecule has 1 N–H and O–H groups in total. The third-order valence-electron chi connectivity index (χ3n) is 7.45. The third-order valence-corrected chi connectivity index (χ3v) is 7.45. The van der Waals surface area contributed by atoms with Gasteiger partial charge in [0.25, 0.3) is 0 Å². The van der Waals surface area contributed by atoms with Crippen LogP contribution in [0.4, 0.5) is 5.82 Å². The van der Waals surface area contributed by atoms with Crippen molar-refractivity contribution in [2.75, 3.05) is 50.8 Å². The normalized spacial score (nSPS) is 22.3. The van der Waals surface area contributed by atoms with Crippen molar-refractivity contribution in [3.8, 4) is 17.1 Å². The molecule has 3 aliphatic rings. The van der Waals surface area contributed by atoms with Gasteiger partial charge in [0.2, 0.25) is 11.8 Å². The summed E-state index contributed by atoms with van der Waals surface area (Å²) in [4.78, 5) is 30.7. The Hall–Kier alpha value is -3.24. The number of carbonyl (C=O) groups is 1. The average Bonchev–Trinajstić information content (AvgIpc) is 3.44. The minimum absolute atomic E-state index is 0.0717. The van der Waals surface area contributed by atoms with Gasteiger partial charge in [0.15, 0.2) is 0 Å². The number of imidazole rings is 1. The van der Waals surface area contributed by atoms with Crippen molar-refractivity contribution in [2.24, 2.45) is 13.0 Å². The maximum Gasteiger partial charge on any atom is 0.241 e. The van der Waals surface area contributed by atoms with Gasteiger partial charge in [-0.25, -0.2) is 15.0 Å². The standard InChI is InChI=1S/C25H31N7O3/c1-16(18-9-23(33)27-12-18)35-25-24-21(28-15-30(24)2)10-20(29-25)17-3-4-22(26-11-17)32-7-5-31(6-8-32)19-13-34-14-19/h3-4,10-11,15-16,18-19H,5-9,12-14H2,1-2H3,(H,27,33)/t16-,18?/m1/s1. The van der Waals surface area contributed by atoms with Gasteiger partial charge in [0.05, 0.1) is 36.8 Å². The molecule has 0 aliphatic carbocycles. The van der Waals surface area contributed by atoms with Gasteiger partial charge in [-0.1, -0.05) is 0 Å². The number of pyridine rings is 2. The number of nitrogens with one attached hydrogen (secondary N) is 1. The average molecular weight is 478 g/mol. The van der Waals surface area contributed by atoms with Crippen molar-refractivity contribution in [3.63, 3.8) is 0 Å². The Balaban J connectivity index is 1.21. The molecule has 3 aliphatic heterocycles. The lowest BCUT2D eigenvalue weighted by atomic mass is 10.0. The molecular weight excluding hydrogens is 446 g/mol. The first-order chi connectivity index (χ1) is 17.0. The first-order valence-electron chi connectivity index (χ1n) is 12.3. The molecule has 1 amide bonds. The summed E-state index contributed by atoms with van der Waals surface area (Å²) in [5.74, 6) is 1.71. The summed E-state index contributed by atoms with van der Waals surface area (Å²) in [6, 6.07) is 6.70. The van der Waals surface area contributed by atoms with Gasteiger partial charge < -0.3 is 24.3 Å². The number of rotatable bonds is 6. The summed E-state index contributed by atoms with van der Waals surface area (Å²) in [7, 11) is 1.93. The molecule has 3 aromatic heterocycles. The fourth-order valence-corrected chi connectivity index (χ4v) is 5.08. The van der Waals surface area contributed by atoms with Crippen LogP contribution in [-0.4, -0.2) is 88.4 Å². The highest BCUT2D eigenvalue weighted by molar-refractivity contribution is 5.84. The van der Waals surface area contributed by atoms with Crippen LogP contribution in [0.25, 0.3) is 22.3 Å². The lowest BCUT2D eigenvalue weighted by molar-refractivity contribution is -0.119. The maximum absolute atomic E-state index is 11.7. The van der Waals surface area contributed by atoms with Crippen LogP contribution < -0.4 is 15.0 Å². The summed E-state index contributed by atoms with van der Waals surface area (Å²) in [6.45, 7) is 8.36.